The molecule has 1 unspecified atom stereocenters. The predicted octanol–water partition coefficient (Wildman–Crippen LogP) is 2.36. The summed E-state index contributed by atoms with van der Waals surface area (Å²) in [7, 11) is 1.63. The van der Waals surface area contributed by atoms with Gasteiger partial charge in [0.2, 0.25) is 0 Å². The molecule has 0 radical (unpaired) electrons. The average Bonchev–Trinajstić information content (AvgIpc) is 2.61. The minimum absolute atomic E-state index is 0.00634. The fraction of sp³-hybridized carbons (Fsp3) is 0.300. The van der Waals surface area contributed by atoms with Crippen LogP contribution in [0.1, 0.15) is 18.1 Å². The lowest BCUT2D eigenvalue weighted by atomic mass is 10.1. The summed E-state index contributed by atoms with van der Waals surface area (Å²) in [4.78, 5) is 24.9. The van der Waals surface area contributed by atoms with Crippen molar-refractivity contribution in [2.45, 2.75) is 19.5 Å². The van der Waals surface area contributed by atoms with Crippen LogP contribution in [-0.2, 0) is 22.2 Å². The zero-order valence-electron chi connectivity index (χ0n) is 15.7. The molecule has 0 saturated carbocycles. The zero-order chi connectivity index (χ0) is 20.7. The fourth-order valence-corrected chi connectivity index (χ4v) is 2.79. The third kappa shape index (κ3) is 6.09. The van der Waals surface area contributed by atoms with E-state index in [0.29, 0.717) is 10.6 Å². The molecule has 0 aliphatic carbocycles. The standard InChI is InChI=1S/C20H22F3N3O2/c1-3-14-8-4-6-10-16(14)24-18(27)12-26(2)13-19(28)25-17-11-7-5-9-15(17)20(21,22)23/h4-11H,3,12-13H2,1-2H3,(H,24,27)(H,25,28)/p+1. The maximum Gasteiger partial charge on any atom is 0.418 e. The molecule has 0 heterocycles. The van der Waals surface area contributed by atoms with Gasteiger partial charge in [0.15, 0.2) is 13.1 Å². The normalized spacial score (nSPS) is 12.3. The number of anilines is 2. The molecular weight excluding hydrogens is 371 g/mol. The van der Waals surface area contributed by atoms with Gasteiger partial charge in [0, 0.05) is 5.69 Å². The van der Waals surface area contributed by atoms with Crippen LogP contribution in [0.4, 0.5) is 24.5 Å². The van der Waals surface area contributed by atoms with E-state index in [0.717, 1.165) is 18.1 Å². The Balaban J connectivity index is 1.92. The summed E-state index contributed by atoms with van der Waals surface area (Å²) in [6, 6.07) is 12.2. The lowest BCUT2D eigenvalue weighted by Crippen LogP contribution is -3.11. The summed E-state index contributed by atoms with van der Waals surface area (Å²) < 4.78 is 39.0. The van der Waals surface area contributed by atoms with Crippen LogP contribution in [0.2, 0.25) is 0 Å². The van der Waals surface area contributed by atoms with Crippen molar-refractivity contribution >= 4 is 23.2 Å². The Hall–Kier alpha value is -2.87. The van der Waals surface area contributed by atoms with Crippen molar-refractivity contribution in [3.8, 4) is 0 Å². The van der Waals surface area contributed by atoms with Crippen molar-refractivity contribution in [2.24, 2.45) is 0 Å². The molecule has 3 N–H and O–H groups in total. The van der Waals surface area contributed by atoms with Crippen molar-refractivity contribution in [1.82, 2.24) is 0 Å². The van der Waals surface area contributed by atoms with Crippen LogP contribution >= 0.6 is 0 Å². The highest BCUT2D eigenvalue weighted by Gasteiger charge is 2.33. The van der Waals surface area contributed by atoms with Gasteiger partial charge in [-0.1, -0.05) is 37.3 Å². The molecule has 0 aromatic heterocycles. The third-order valence-corrected chi connectivity index (χ3v) is 4.10. The van der Waals surface area contributed by atoms with E-state index in [-0.39, 0.29) is 24.7 Å². The van der Waals surface area contributed by atoms with Crippen LogP contribution < -0.4 is 15.5 Å². The minimum atomic E-state index is -4.56. The predicted molar refractivity (Wildman–Crippen MR) is 101 cm³/mol. The van der Waals surface area contributed by atoms with Gasteiger partial charge < -0.3 is 15.5 Å². The number of hydrogen-bond acceptors (Lipinski definition) is 2. The second-order valence-corrected chi connectivity index (χ2v) is 6.46. The Kier molecular flexibility index (Phi) is 7.17. The summed E-state index contributed by atoms with van der Waals surface area (Å²) in [5.74, 6) is -0.877. The molecule has 0 spiro atoms. The number of benzene rings is 2. The van der Waals surface area contributed by atoms with Crippen LogP contribution in [0.15, 0.2) is 48.5 Å². The molecule has 1 atom stereocenters. The van der Waals surface area contributed by atoms with Crippen molar-refractivity contribution in [3.63, 3.8) is 0 Å². The second-order valence-electron chi connectivity index (χ2n) is 6.46. The molecule has 0 bridgehead atoms. The molecule has 0 saturated heterocycles. The topological polar surface area (TPSA) is 62.6 Å². The number of alkyl halides is 3. The number of hydrogen-bond donors (Lipinski definition) is 3. The van der Waals surface area contributed by atoms with Crippen molar-refractivity contribution in [1.29, 1.82) is 0 Å². The third-order valence-electron chi connectivity index (χ3n) is 4.10. The van der Waals surface area contributed by atoms with E-state index >= 15 is 0 Å². The molecule has 0 aliphatic heterocycles. The Bertz CT molecular complexity index is 837. The van der Waals surface area contributed by atoms with Crippen LogP contribution in [-0.4, -0.2) is 32.0 Å². The van der Waals surface area contributed by atoms with E-state index in [1.807, 2.05) is 25.1 Å². The zero-order valence-corrected chi connectivity index (χ0v) is 15.7. The number of likely N-dealkylation sites (N-methyl/N-ethyl adjacent to an activating group) is 1. The first-order valence-corrected chi connectivity index (χ1v) is 8.85. The van der Waals surface area contributed by atoms with Crippen LogP contribution in [0.25, 0.3) is 0 Å². The first-order valence-electron chi connectivity index (χ1n) is 8.85. The average molecular weight is 394 g/mol. The first kappa shape index (κ1) is 21.4. The Labute approximate surface area is 161 Å². The van der Waals surface area contributed by atoms with Gasteiger partial charge in [0.05, 0.1) is 18.3 Å². The molecule has 150 valence electrons. The van der Waals surface area contributed by atoms with Crippen LogP contribution in [0.5, 0.6) is 0 Å². The van der Waals surface area contributed by atoms with E-state index in [1.165, 1.54) is 18.2 Å². The summed E-state index contributed by atoms with van der Waals surface area (Å²) in [5.41, 5.74) is 0.505. The number of carbonyl (C=O) groups excluding carboxylic acids is 2. The number of aryl methyl sites for hydroxylation is 1. The Morgan fingerprint density at radius 1 is 0.893 bits per heavy atom. The number of quaternary nitrogens is 1. The SMILES string of the molecule is CCc1ccccc1NC(=O)C[NH+](C)CC(=O)Nc1ccccc1C(F)(F)F. The van der Waals surface area contributed by atoms with Crippen LogP contribution in [0, 0.1) is 0 Å². The fourth-order valence-electron chi connectivity index (χ4n) is 2.79. The minimum Gasteiger partial charge on any atom is -0.322 e. The molecule has 8 heteroatoms. The highest BCUT2D eigenvalue weighted by Crippen LogP contribution is 2.34. The van der Waals surface area contributed by atoms with E-state index < -0.39 is 17.6 Å². The highest BCUT2D eigenvalue weighted by molar-refractivity contribution is 5.94. The summed E-state index contributed by atoms with van der Waals surface area (Å²) in [6.45, 7) is 1.84. The molecule has 5 nitrogen and oxygen atoms in total. The number of rotatable bonds is 7. The van der Waals surface area contributed by atoms with Gasteiger partial charge in [-0.15, -0.1) is 0 Å². The van der Waals surface area contributed by atoms with E-state index in [9.17, 15) is 22.8 Å². The molecule has 0 fully saturated rings. The van der Waals surface area contributed by atoms with Gasteiger partial charge >= 0.3 is 6.18 Å². The first-order chi connectivity index (χ1) is 13.2. The Morgan fingerprint density at radius 2 is 1.39 bits per heavy atom. The van der Waals surface area contributed by atoms with E-state index in [4.69, 9.17) is 0 Å². The molecule has 28 heavy (non-hydrogen) atoms. The lowest BCUT2D eigenvalue weighted by molar-refractivity contribution is -0.862. The van der Waals surface area contributed by atoms with E-state index in [2.05, 4.69) is 10.6 Å². The van der Waals surface area contributed by atoms with Gasteiger partial charge in [-0.25, -0.2) is 0 Å². The van der Waals surface area contributed by atoms with Gasteiger partial charge in [0.25, 0.3) is 11.8 Å². The van der Waals surface area contributed by atoms with Crippen molar-refractivity contribution in [2.75, 3.05) is 30.8 Å². The molecule has 2 aromatic rings. The molecule has 2 rings (SSSR count). The van der Waals surface area contributed by atoms with Gasteiger partial charge in [-0.2, -0.15) is 13.2 Å². The monoisotopic (exact) mass is 394 g/mol. The largest absolute Gasteiger partial charge is 0.418 e. The highest BCUT2D eigenvalue weighted by atomic mass is 19.4. The number of nitrogens with one attached hydrogen (secondary N) is 3. The number of para-hydroxylation sites is 2. The summed E-state index contributed by atoms with van der Waals surface area (Å²) in [5, 5.41) is 5.08. The maximum atomic E-state index is 13.0. The maximum absolute atomic E-state index is 13.0. The summed E-state index contributed by atoms with van der Waals surface area (Å²) >= 11 is 0. The van der Waals surface area contributed by atoms with Gasteiger partial charge in [-0.05, 0) is 30.2 Å². The summed E-state index contributed by atoms with van der Waals surface area (Å²) in [6.07, 6.45) is -3.80. The van der Waals surface area contributed by atoms with Crippen LogP contribution in [0.3, 0.4) is 0 Å². The van der Waals surface area contributed by atoms with Gasteiger partial charge in [-0.3, -0.25) is 9.59 Å². The number of amides is 2. The van der Waals surface area contributed by atoms with Crippen molar-refractivity contribution < 1.29 is 27.7 Å². The van der Waals surface area contributed by atoms with Crippen molar-refractivity contribution in [3.05, 3.63) is 59.7 Å². The molecule has 2 amide bonds. The van der Waals surface area contributed by atoms with Gasteiger partial charge in [0.1, 0.15) is 0 Å². The lowest BCUT2D eigenvalue weighted by Gasteiger charge is -2.16. The number of carbonyl (C=O) groups is 2. The Morgan fingerprint density at radius 3 is 1.96 bits per heavy atom. The molecular formula is C20H23F3N3O2+. The molecule has 0 aliphatic rings. The smallest absolute Gasteiger partial charge is 0.322 e. The number of halogens is 3. The van der Waals surface area contributed by atoms with E-state index in [1.54, 1.807) is 13.1 Å². The molecule has 2 aromatic carbocycles. The quantitative estimate of drug-likeness (QED) is 0.675. The second kappa shape index (κ2) is 9.36.